The van der Waals surface area contributed by atoms with E-state index >= 15 is 0 Å². The fraction of sp³-hybridized carbons (Fsp3) is 0.367. The molecule has 0 bridgehead atoms. The minimum atomic E-state index is -0.125. The van der Waals surface area contributed by atoms with E-state index in [1.165, 1.54) is 27.9 Å². The van der Waals surface area contributed by atoms with E-state index in [1.807, 2.05) is 0 Å². The summed E-state index contributed by atoms with van der Waals surface area (Å²) in [6, 6.07) is 28.9. The molecule has 2 atom stereocenters. The molecular formula is C30H36N+. The Morgan fingerprint density at radius 3 is 1.61 bits per heavy atom. The minimum Gasteiger partial charge on any atom is -0.192 e. The van der Waals surface area contributed by atoms with Crippen molar-refractivity contribution in [1.82, 2.24) is 0 Å². The van der Waals surface area contributed by atoms with Gasteiger partial charge in [-0.15, -0.1) is 0 Å². The lowest BCUT2D eigenvalue weighted by molar-refractivity contribution is -0.527. The summed E-state index contributed by atoms with van der Waals surface area (Å²) in [6.07, 6.45) is 3.56. The highest BCUT2D eigenvalue weighted by Gasteiger charge is 2.54. The summed E-state index contributed by atoms with van der Waals surface area (Å²) in [5.74, 6) is 0.927. The van der Waals surface area contributed by atoms with Gasteiger partial charge in [-0.3, -0.25) is 0 Å². The van der Waals surface area contributed by atoms with Crippen LogP contribution in [0.2, 0.25) is 0 Å². The number of hydrogen-bond donors (Lipinski definition) is 0. The van der Waals surface area contributed by atoms with Crippen molar-refractivity contribution in [2.24, 2.45) is 0 Å². The highest BCUT2D eigenvalue weighted by molar-refractivity contribution is 5.74. The van der Waals surface area contributed by atoms with Gasteiger partial charge < -0.3 is 0 Å². The molecule has 3 aromatic carbocycles. The zero-order valence-corrected chi connectivity index (χ0v) is 19.9. The molecule has 0 radical (unpaired) electrons. The Bertz CT molecular complexity index is 1050. The van der Waals surface area contributed by atoms with E-state index in [0.717, 1.165) is 6.42 Å². The second kappa shape index (κ2) is 8.11. The Balaban J connectivity index is 2.02. The van der Waals surface area contributed by atoms with Gasteiger partial charge in [0.1, 0.15) is 0 Å². The first-order valence-corrected chi connectivity index (χ1v) is 11.7. The van der Waals surface area contributed by atoms with E-state index in [-0.39, 0.29) is 11.0 Å². The maximum Gasteiger partial charge on any atom is 0.212 e. The van der Waals surface area contributed by atoms with Gasteiger partial charge in [-0.1, -0.05) is 107 Å². The molecule has 3 aromatic rings. The van der Waals surface area contributed by atoms with Crippen LogP contribution in [0.3, 0.4) is 0 Å². The quantitative estimate of drug-likeness (QED) is 0.376. The summed E-state index contributed by atoms with van der Waals surface area (Å²) in [6.45, 7) is 14.1. The SMILES string of the molecule is CC(C)c1cccc(C(C)C)c1[N+]1=C[C@](C)(c2ccccc2)C[C@@]1(C)c1ccccc1. The molecule has 1 nitrogen and oxygen atoms in total. The Morgan fingerprint density at radius 1 is 0.645 bits per heavy atom. The van der Waals surface area contributed by atoms with Crippen LogP contribution < -0.4 is 0 Å². The second-order valence-corrected chi connectivity index (χ2v) is 10.2. The van der Waals surface area contributed by atoms with Crippen molar-refractivity contribution in [2.75, 3.05) is 0 Å². The molecule has 0 saturated heterocycles. The Hall–Kier alpha value is -2.67. The Kier molecular flexibility index (Phi) is 5.64. The van der Waals surface area contributed by atoms with Crippen LogP contribution in [0.15, 0.2) is 78.9 Å². The third-order valence-corrected chi connectivity index (χ3v) is 7.07. The summed E-state index contributed by atoms with van der Waals surface area (Å²) in [7, 11) is 0. The average molecular weight is 411 g/mol. The van der Waals surface area contributed by atoms with Crippen LogP contribution in [0, 0.1) is 0 Å². The van der Waals surface area contributed by atoms with Crippen molar-refractivity contribution >= 4 is 11.9 Å². The van der Waals surface area contributed by atoms with Crippen molar-refractivity contribution in [3.8, 4) is 0 Å². The van der Waals surface area contributed by atoms with Crippen LogP contribution >= 0.6 is 0 Å². The largest absolute Gasteiger partial charge is 0.212 e. The fourth-order valence-electron chi connectivity index (χ4n) is 5.41. The number of benzene rings is 3. The molecule has 1 aliphatic heterocycles. The smallest absolute Gasteiger partial charge is 0.192 e. The molecule has 0 aliphatic carbocycles. The standard InChI is InChI=1S/C30H36N/c1-22(2)26-18-13-19-27(23(3)4)28(26)31-21-29(5,24-14-9-7-10-15-24)20-30(31,6)25-16-11-8-12-17-25/h7-19,21-23H,20H2,1-6H3/q+1/t29-,30+/m1/s1. The molecule has 4 rings (SSSR count). The van der Waals surface area contributed by atoms with Crippen LogP contribution in [0.4, 0.5) is 5.69 Å². The Labute approximate surface area is 188 Å². The predicted molar refractivity (Wildman–Crippen MR) is 133 cm³/mol. The zero-order chi connectivity index (χ0) is 22.2. The molecule has 0 fully saturated rings. The molecule has 0 spiro atoms. The van der Waals surface area contributed by atoms with Gasteiger partial charge in [0.05, 0.1) is 5.41 Å². The van der Waals surface area contributed by atoms with Crippen LogP contribution in [-0.4, -0.2) is 10.8 Å². The van der Waals surface area contributed by atoms with E-state index in [0.29, 0.717) is 11.8 Å². The maximum absolute atomic E-state index is 2.62. The van der Waals surface area contributed by atoms with E-state index in [1.54, 1.807) is 0 Å². The molecular weight excluding hydrogens is 374 g/mol. The first-order chi connectivity index (χ1) is 14.8. The van der Waals surface area contributed by atoms with E-state index in [2.05, 4.69) is 131 Å². The normalized spacial score (nSPS) is 23.4. The van der Waals surface area contributed by atoms with Gasteiger partial charge >= 0.3 is 0 Å². The monoisotopic (exact) mass is 410 g/mol. The summed E-state index contributed by atoms with van der Waals surface area (Å²) >= 11 is 0. The summed E-state index contributed by atoms with van der Waals surface area (Å²) in [4.78, 5) is 0. The summed E-state index contributed by atoms with van der Waals surface area (Å²) < 4.78 is 2.62. The molecule has 0 amide bonds. The van der Waals surface area contributed by atoms with Crippen LogP contribution in [-0.2, 0) is 11.0 Å². The van der Waals surface area contributed by atoms with E-state index in [9.17, 15) is 0 Å². The lowest BCUT2D eigenvalue weighted by Gasteiger charge is -2.28. The van der Waals surface area contributed by atoms with Crippen molar-refractivity contribution in [3.05, 3.63) is 101 Å². The third kappa shape index (κ3) is 3.76. The highest BCUT2D eigenvalue weighted by atomic mass is 15.1. The van der Waals surface area contributed by atoms with Crippen molar-refractivity contribution in [2.45, 2.75) is 70.8 Å². The molecule has 0 saturated carbocycles. The van der Waals surface area contributed by atoms with Gasteiger partial charge in [0.25, 0.3) is 0 Å². The van der Waals surface area contributed by atoms with Gasteiger partial charge in [0.2, 0.25) is 5.69 Å². The number of nitrogens with zero attached hydrogens (tertiary/aromatic N) is 1. The van der Waals surface area contributed by atoms with Gasteiger partial charge in [0.15, 0.2) is 11.8 Å². The molecule has 0 aromatic heterocycles. The van der Waals surface area contributed by atoms with E-state index < -0.39 is 0 Å². The number of rotatable bonds is 5. The summed E-state index contributed by atoms with van der Waals surface area (Å²) in [5, 5.41) is 0. The number of hydrogen-bond acceptors (Lipinski definition) is 0. The van der Waals surface area contributed by atoms with Crippen LogP contribution in [0.25, 0.3) is 0 Å². The minimum absolute atomic E-state index is 0.0375. The zero-order valence-electron chi connectivity index (χ0n) is 19.9. The lowest BCUT2D eigenvalue weighted by atomic mass is 9.74. The first-order valence-electron chi connectivity index (χ1n) is 11.7. The third-order valence-electron chi connectivity index (χ3n) is 7.07. The van der Waals surface area contributed by atoms with Gasteiger partial charge in [-0.05, 0) is 24.3 Å². The van der Waals surface area contributed by atoms with Gasteiger partial charge in [-0.25, -0.2) is 0 Å². The van der Waals surface area contributed by atoms with Crippen molar-refractivity contribution in [1.29, 1.82) is 0 Å². The molecule has 1 heteroatoms. The van der Waals surface area contributed by atoms with Crippen LogP contribution in [0.1, 0.15) is 82.1 Å². The van der Waals surface area contributed by atoms with Gasteiger partial charge in [-0.2, -0.15) is 4.58 Å². The molecule has 31 heavy (non-hydrogen) atoms. The van der Waals surface area contributed by atoms with Crippen molar-refractivity contribution < 1.29 is 4.58 Å². The fourth-order valence-corrected chi connectivity index (χ4v) is 5.41. The second-order valence-electron chi connectivity index (χ2n) is 10.2. The molecule has 0 N–H and O–H groups in total. The maximum atomic E-state index is 2.62. The summed E-state index contributed by atoms with van der Waals surface area (Å²) in [5.41, 5.74) is 6.86. The molecule has 0 unspecified atom stereocenters. The average Bonchev–Trinajstić information content (AvgIpc) is 3.07. The highest BCUT2D eigenvalue weighted by Crippen LogP contribution is 2.49. The predicted octanol–water partition coefficient (Wildman–Crippen LogP) is 7.93. The first kappa shape index (κ1) is 21.6. The molecule has 1 aliphatic rings. The number of para-hydroxylation sites is 1. The molecule has 1 heterocycles. The topological polar surface area (TPSA) is 3.01 Å². The van der Waals surface area contributed by atoms with Crippen LogP contribution in [0.5, 0.6) is 0 Å². The molecule has 160 valence electrons. The van der Waals surface area contributed by atoms with E-state index in [4.69, 9.17) is 0 Å². The van der Waals surface area contributed by atoms with Crippen molar-refractivity contribution in [3.63, 3.8) is 0 Å². The van der Waals surface area contributed by atoms with Gasteiger partial charge in [0, 0.05) is 30.0 Å². The lowest BCUT2D eigenvalue weighted by Crippen LogP contribution is -2.32. The Morgan fingerprint density at radius 2 is 1.13 bits per heavy atom.